The summed E-state index contributed by atoms with van der Waals surface area (Å²) in [6.45, 7) is 0. The highest BCUT2D eigenvalue weighted by atomic mass is 79.9. The molecule has 0 radical (unpaired) electrons. The average Bonchev–Trinajstić information content (AvgIpc) is 2.55. The van der Waals surface area contributed by atoms with Gasteiger partial charge in [0.25, 0.3) is 5.88 Å². The molecular weight excluding hydrogens is 228 g/mol. The van der Waals surface area contributed by atoms with Crippen molar-refractivity contribution in [1.29, 1.82) is 0 Å². The highest BCUT2D eigenvalue weighted by molar-refractivity contribution is 9.09. The first kappa shape index (κ1) is 9.05. The Hall–Kier alpha value is -1.04. The summed E-state index contributed by atoms with van der Waals surface area (Å²) in [5.41, 5.74) is 0.366. The predicted molar refractivity (Wildman–Crippen MR) is 45.2 cm³/mol. The number of aromatic nitrogens is 1. The summed E-state index contributed by atoms with van der Waals surface area (Å²) in [7, 11) is 1.48. The molecule has 0 amide bonds. The highest BCUT2D eigenvalue weighted by Gasteiger charge is 2.10. The third-order valence-corrected chi connectivity index (χ3v) is 1.76. The van der Waals surface area contributed by atoms with Gasteiger partial charge in [-0.25, -0.2) is 0 Å². The van der Waals surface area contributed by atoms with Gasteiger partial charge in [-0.3, -0.25) is 0 Å². The molecule has 1 aromatic rings. The molecule has 0 aliphatic carbocycles. The molecule has 0 aliphatic rings. The number of hydrogen-bond donors (Lipinski definition) is 1. The van der Waals surface area contributed by atoms with Crippen molar-refractivity contribution in [2.45, 2.75) is 0 Å². The molecule has 0 aliphatic heterocycles. The Morgan fingerprint density at radius 3 is 3.08 bits per heavy atom. The number of alkyl halides is 1. The van der Waals surface area contributed by atoms with E-state index in [9.17, 15) is 0 Å². The van der Waals surface area contributed by atoms with E-state index in [0.717, 1.165) is 0 Å². The van der Waals surface area contributed by atoms with E-state index < -0.39 is 0 Å². The fraction of sp³-hybridized carbons (Fsp3) is 0.333. The molecule has 6 heteroatoms. The lowest BCUT2D eigenvalue weighted by molar-refractivity contribution is 0.313. The highest BCUT2D eigenvalue weighted by Crippen LogP contribution is 2.12. The van der Waals surface area contributed by atoms with Crippen LogP contribution in [-0.4, -0.2) is 28.5 Å². The first-order valence-corrected chi connectivity index (χ1v) is 4.22. The van der Waals surface area contributed by atoms with Crippen molar-refractivity contribution < 1.29 is 14.5 Å². The van der Waals surface area contributed by atoms with Crippen LogP contribution >= 0.6 is 15.9 Å². The average molecular weight is 235 g/mol. The van der Waals surface area contributed by atoms with E-state index in [-0.39, 0.29) is 0 Å². The number of methoxy groups -OCH3 is 1. The van der Waals surface area contributed by atoms with Gasteiger partial charge in [0, 0.05) is 0 Å². The van der Waals surface area contributed by atoms with Crippen molar-refractivity contribution in [3.05, 3.63) is 11.8 Å². The maximum absolute atomic E-state index is 8.49. The van der Waals surface area contributed by atoms with E-state index in [1.54, 1.807) is 0 Å². The maximum Gasteiger partial charge on any atom is 0.254 e. The Balaban J connectivity index is 2.87. The number of rotatable bonds is 3. The maximum atomic E-state index is 8.49. The number of oxime groups is 1. The van der Waals surface area contributed by atoms with E-state index in [0.29, 0.717) is 22.7 Å². The molecule has 0 bridgehead atoms. The Morgan fingerprint density at radius 1 is 1.92 bits per heavy atom. The number of ether oxygens (including phenoxy) is 1. The van der Waals surface area contributed by atoms with Crippen molar-refractivity contribution in [3.8, 4) is 5.88 Å². The monoisotopic (exact) mass is 234 g/mol. The summed E-state index contributed by atoms with van der Waals surface area (Å²) in [6, 6.07) is 1.54. The fourth-order valence-electron chi connectivity index (χ4n) is 0.633. The number of hydrogen-bond acceptors (Lipinski definition) is 5. The van der Waals surface area contributed by atoms with Crippen LogP contribution in [0.5, 0.6) is 5.88 Å². The molecule has 0 atom stereocenters. The standard InChI is InChI=1S/C6H7BrN2O3/c1-11-6-2-5(12-9-6)4(3-7)8-10/h2,10H,3H2,1H3/b8-4+. The third kappa shape index (κ3) is 1.76. The van der Waals surface area contributed by atoms with Gasteiger partial charge in [0.05, 0.1) is 18.5 Å². The van der Waals surface area contributed by atoms with Gasteiger partial charge < -0.3 is 14.5 Å². The molecule has 66 valence electrons. The Bertz CT molecular complexity index is 284. The van der Waals surface area contributed by atoms with Crippen LogP contribution in [0.1, 0.15) is 5.76 Å². The topological polar surface area (TPSA) is 67.8 Å². The minimum Gasteiger partial charge on any atom is -0.479 e. The van der Waals surface area contributed by atoms with Crippen LogP contribution in [0, 0.1) is 0 Å². The van der Waals surface area contributed by atoms with E-state index in [4.69, 9.17) is 14.5 Å². The van der Waals surface area contributed by atoms with Gasteiger partial charge in [0.15, 0.2) is 5.76 Å². The van der Waals surface area contributed by atoms with Gasteiger partial charge in [-0.1, -0.05) is 21.1 Å². The number of halogens is 1. The molecule has 1 rings (SSSR count). The molecule has 1 N–H and O–H groups in total. The van der Waals surface area contributed by atoms with E-state index in [2.05, 4.69) is 26.2 Å². The summed E-state index contributed by atoms with van der Waals surface area (Å²) < 4.78 is 9.58. The normalized spacial score (nSPS) is 11.7. The third-order valence-electron chi connectivity index (χ3n) is 1.23. The van der Waals surface area contributed by atoms with Crippen LogP contribution in [0.3, 0.4) is 0 Å². The SMILES string of the molecule is COc1cc(/C(CBr)=N/O)on1. The van der Waals surface area contributed by atoms with Gasteiger partial charge in [-0.05, 0) is 5.16 Å². The summed E-state index contributed by atoms with van der Waals surface area (Å²) in [5, 5.41) is 15.4. The largest absolute Gasteiger partial charge is 0.479 e. The lowest BCUT2D eigenvalue weighted by atomic mass is 10.3. The molecule has 0 saturated heterocycles. The second kappa shape index (κ2) is 4.10. The van der Waals surface area contributed by atoms with E-state index in [1.165, 1.54) is 13.2 Å². The Morgan fingerprint density at radius 2 is 2.67 bits per heavy atom. The van der Waals surface area contributed by atoms with E-state index in [1.807, 2.05) is 0 Å². The summed E-state index contributed by atoms with van der Waals surface area (Å²) in [5.74, 6) is 0.735. The predicted octanol–water partition coefficient (Wildman–Crippen LogP) is 1.26. The van der Waals surface area contributed by atoms with Gasteiger partial charge in [-0.2, -0.15) is 0 Å². The zero-order valence-corrected chi connectivity index (χ0v) is 7.91. The van der Waals surface area contributed by atoms with Crippen molar-refractivity contribution in [2.24, 2.45) is 5.16 Å². The summed E-state index contributed by atoms with van der Waals surface area (Å²) >= 11 is 3.12. The van der Waals surface area contributed by atoms with Crippen LogP contribution in [0.2, 0.25) is 0 Å². The van der Waals surface area contributed by atoms with E-state index >= 15 is 0 Å². The molecule has 0 unspecified atom stereocenters. The second-order valence-corrected chi connectivity index (χ2v) is 2.47. The molecule has 12 heavy (non-hydrogen) atoms. The zero-order chi connectivity index (χ0) is 8.97. The molecule has 0 aromatic carbocycles. The summed E-state index contributed by atoms with van der Waals surface area (Å²) in [4.78, 5) is 0. The molecule has 5 nitrogen and oxygen atoms in total. The van der Waals surface area contributed by atoms with Crippen molar-refractivity contribution in [2.75, 3.05) is 12.4 Å². The van der Waals surface area contributed by atoms with Crippen LogP contribution in [0.25, 0.3) is 0 Å². The van der Waals surface area contributed by atoms with Crippen molar-refractivity contribution >= 4 is 21.6 Å². The first-order valence-electron chi connectivity index (χ1n) is 3.09. The van der Waals surface area contributed by atoms with Gasteiger partial charge in [0.1, 0.15) is 5.71 Å². The Labute approximate surface area is 77.1 Å². The van der Waals surface area contributed by atoms with Crippen LogP contribution in [0.4, 0.5) is 0 Å². The van der Waals surface area contributed by atoms with Crippen LogP contribution in [-0.2, 0) is 0 Å². The molecule has 0 spiro atoms. The minimum absolute atomic E-state index is 0.354. The molecule has 0 saturated carbocycles. The van der Waals surface area contributed by atoms with Crippen molar-refractivity contribution in [1.82, 2.24) is 5.16 Å². The molecular formula is C6H7BrN2O3. The van der Waals surface area contributed by atoms with Gasteiger partial charge >= 0.3 is 0 Å². The lowest BCUT2D eigenvalue weighted by Gasteiger charge is -1.90. The zero-order valence-electron chi connectivity index (χ0n) is 6.32. The lowest BCUT2D eigenvalue weighted by Crippen LogP contribution is -1.99. The fourth-order valence-corrected chi connectivity index (χ4v) is 1.02. The molecule has 1 heterocycles. The quantitative estimate of drug-likeness (QED) is 0.370. The van der Waals surface area contributed by atoms with Gasteiger partial charge in [0.2, 0.25) is 0 Å². The molecule has 0 fully saturated rings. The number of nitrogens with zero attached hydrogens (tertiary/aromatic N) is 2. The smallest absolute Gasteiger partial charge is 0.254 e. The summed E-state index contributed by atoms with van der Waals surface area (Å²) in [6.07, 6.45) is 0. The second-order valence-electron chi connectivity index (χ2n) is 1.91. The first-order chi connectivity index (χ1) is 5.81. The van der Waals surface area contributed by atoms with Gasteiger partial charge in [-0.15, -0.1) is 0 Å². The van der Waals surface area contributed by atoms with Crippen molar-refractivity contribution in [3.63, 3.8) is 0 Å². The van der Waals surface area contributed by atoms with Crippen LogP contribution < -0.4 is 4.74 Å². The Kier molecular flexibility index (Phi) is 3.09. The van der Waals surface area contributed by atoms with Crippen LogP contribution in [0.15, 0.2) is 15.7 Å². The minimum atomic E-state index is 0.354. The molecule has 1 aromatic heterocycles.